The second-order valence-electron chi connectivity index (χ2n) is 4.53. The number of halogens is 2. The van der Waals surface area contributed by atoms with E-state index in [-0.39, 0.29) is 11.5 Å². The minimum atomic E-state index is -0.0424. The number of hydrogen-bond donors (Lipinski definition) is 0. The molecule has 2 heterocycles. The minimum absolute atomic E-state index is 0.0424. The lowest BCUT2D eigenvalue weighted by Crippen LogP contribution is -2.03. The monoisotopic (exact) mass is 352 g/mol. The number of rotatable bonds is 4. The summed E-state index contributed by atoms with van der Waals surface area (Å²) in [6.45, 7) is 0. The Morgan fingerprint density at radius 3 is 2.86 bits per heavy atom. The Hall–Kier alpha value is -1.63. The third-order valence-electron chi connectivity index (χ3n) is 3.07. The lowest BCUT2D eigenvalue weighted by molar-refractivity contribution is 0.102. The first kappa shape index (κ1) is 15.3. The van der Waals surface area contributed by atoms with Gasteiger partial charge >= 0.3 is 0 Å². The van der Waals surface area contributed by atoms with Gasteiger partial charge in [-0.3, -0.25) is 9.48 Å². The first-order valence-electron chi connectivity index (χ1n) is 6.30. The second kappa shape index (κ2) is 6.24. The van der Waals surface area contributed by atoms with Crippen LogP contribution in [-0.4, -0.2) is 31.3 Å². The molecule has 0 saturated heterocycles. The van der Waals surface area contributed by atoms with Crippen molar-refractivity contribution in [3.05, 3.63) is 46.3 Å². The van der Waals surface area contributed by atoms with E-state index in [1.165, 1.54) is 18.1 Å². The number of benzene rings is 1. The summed E-state index contributed by atoms with van der Waals surface area (Å²) >= 11 is 13.1. The van der Waals surface area contributed by atoms with Gasteiger partial charge in [0.25, 0.3) is 0 Å². The summed E-state index contributed by atoms with van der Waals surface area (Å²) in [6, 6.07) is 4.86. The molecule has 112 valence electrons. The van der Waals surface area contributed by atoms with Crippen LogP contribution in [0.5, 0.6) is 0 Å². The van der Waals surface area contributed by atoms with E-state index in [4.69, 9.17) is 23.2 Å². The highest BCUT2D eigenvalue weighted by Gasteiger charge is 2.12. The van der Waals surface area contributed by atoms with E-state index >= 15 is 0 Å². The van der Waals surface area contributed by atoms with Crippen molar-refractivity contribution in [1.82, 2.24) is 19.7 Å². The molecule has 2 aromatic heterocycles. The van der Waals surface area contributed by atoms with Gasteiger partial charge in [-0.25, -0.2) is 9.97 Å². The first-order valence-corrected chi connectivity index (χ1v) is 8.04. The zero-order chi connectivity index (χ0) is 15.7. The van der Waals surface area contributed by atoms with Crippen molar-refractivity contribution in [2.75, 3.05) is 5.75 Å². The molecule has 3 rings (SSSR count). The third kappa shape index (κ3) is 2.95. The van der Waals surface area contributed by atoms with Gasteiger partial charge in [0.05, 0.1) is 27.4 Å². The van der Waals surface area contributed by atoms with Crippen LogP contribution in [0.25, 0.3) is 11.0 Å². The van der Waals surface area contributed by atoms with Gasteiger partial charge < -0.3 is 0 Å². The number of hydrogen-bond acceptors (Lipinski definition) is 5. The SMILES string of the molecule is Cn1ncc2c(SCC(=O)c3ccc(Cl)c(Cl)c3)ncnc21. The molecule has 0 aliphatic rings. The van der Waals surface area contributed by atoms with Crippen LogP contribution >= 0.6 is 35.0 Å². The van der Waals surface area contributed by atoms with Crippen LogP contribution in [0, 0.1) is 0 Å². The first-order chi connectivity index (χ1) is 10.6. The van der Waals surface area contributed by atoms with Gasteiger partial charge in [-0.15, -0.1) is 0 Å². The van der Waals surface area contributed by atoms with Gasteiger partial charge in [-0.05, 0) is 18.2 Å². The minimum Gasteiger partial charge on any atom is -0.293 e. The number of ketones is 1. The van der Waals surface area contributed by atoms with E-state index in [2.05, 4.69) is 15.1 Å². The van der Waals surface area contributed by atoms with Gasteiger partial charge in [0, 0.05) is 12.6 Å². The number of nitrogens with zero attached hydrogens (tertiary/aromatic N) is 4. The molecule has 0 fully saturated rings. The summed E-state index contributed by atoms with van der Waals surface area (Å²) in [5, 5.41) is 6.50. The molecular weight excluding hydrogens is 343 g/mol. The van der Waals surface area contributed by atoms with E-state index < -0.39 is 0 Å². The van der Waals surface area contributed by atoms with Crippen molar-refractivity contribution in [2.45, 2.75) is 5.03 Å². The zero-order valence-corrected chi connectivity index (χ0v) is 13.8. The van der Waals surface area contributed by atoms with Crippen molar-refractivity contribution in [1.29, 1.82) is 0 Å². The van der Waals surface area contributed by atoms with Gasteiger partial charge in [0.2, 0.25) is 0 Å². The van der Waals surface area contributed by atoms with Crippen LogP contribution in [-0.2, 0) is 7.05 Å². The van der Waals surface area contributed by atoms with Crippen LogP contribution in [0.4, 0.5) is 0 Å². The number of fused-ring (bicyclic) bond motifs is 1. The number of carbonyl (C=O) groups is 1. The third-order valence-corrected chi connectivity index (χ3v) is 4.82. The molecule has 22 heavy (non-hydrogen) atoms. The van der Waals surface area contributed by atoms with Crippen LogP contribution < -0.4 is 0 Å². The number of aryl methyl sites for hydroxylation is 1. The maximum Gasteiger partial charge on any atom is 0.173 e. The molecule has 0 amide bonds. The molecule has 0 N–H and O–H groups in total. The van der Waals surface area contributed by atoms with Crippen LogP contribution in [0.1, 0.15) is 10.4 Å². The summed E-state index contributed by atoms with van der Waals surface area (Å²) in [6.07, 6.45) is 3.16. The normalized spacial score (nSPS) is 11.0. The molecule has 0 aliphatic carbocycles. The highest BCUT2D eigenvalue weighted by atomic mass is 35.5. The molecule has 0 atom stereocenters. The predicted octanol–water partition coefficient (Wildman–Crippen LogP) is 3.65. The smallest absolute Gasteiger partial charge is 0.173 e. The Morgan fingerprint density at radius 2 is 2.09 bits per heavy atom. The van der Waals surface area contributed by atoms with Crippen LogP contribution in [0.15, 0.2) is 35.7 Å². The van der Waals surface area contributed by atoms with E-state index in [1.807, 2.05) is 7.05 Å². The Morgan fingerprint density at radius 1 is 1.27 bits per heavy atom. The molecule has 3 aromatic rings. The van der Waals surface area contributed by atoms with Crippen molar-refractivity contribution in [2.24, 2.45) is 7.05 Å². The average molecular weight is 353 g/mol. The van der Waals surface area contributed by atoms with E-state index in [0.717, 1.165) is 16.1 Å². The van der Waals surface area contributed by atoms with E-state index in [9.17, 15) is 4.79 Å². The van der Waals surface area contributed by atoms with Crippen molar-refractivity contribution in [3.8, 4) is 0 Å². The van der Waals surface area contributed by atoms with Crippen molar-refractivity contribution < 1.29 is 4.79 Å². The van der Waals surface area contributed by atoms with Crippen LogP contribution in [0.3, 0.4) is 0 Å². The molecule has 0 saturated carbocycles. The number of carbonyl (C=O) groups excluding carboxylic acids is 1. The quantitative estimate of drug-likeness (QED) is 0.407. The van der Waals surface area contributed by atoms with Crippen molar-refractivity contribution in [3.63, 3.8) is 0 Å². The summed E-state index contributed by atoms with van der Waals surface area (Å²) in [4.78, 5) is 20.6. The predicted molar refractivity (Wildman–Crippen MR) is 87.8 cm³/mol. The highest BCUT2D eigenvalue weighted by molar-refractivity contribution is 8.00. The van der Waals surface area contributed by atoms with Gasteiger partial charge in [0.1, 0.15) is 11.4 Å². The Balaban J connectivity index is 1.79. The zero-order valence-electron chi connectivity index (χ0n) is 11.5. The number of Topliss-reactive ketones (excluding diaryl/α,β-unsaturated/α-hetero) is 1. The lowest BCUT2D eigenvalue weighted by atomic mass is 10.1. The summed E-state index contributed by atoms with van der Waals surface area (Å²) in [5.74, 6) is 0.207. The van der Waals surface area contributed by atoms with Gasteiger partial charge in [0.15, 0.2) is 11.4 Å². The number of aromatic nitrogens is 4. The molecular formula is C14H10Cl2N4OS. The average Bonchev–Trinajstić information content (AvgIpc) is 2.90. The molecule has 0 radical (unpaired) electrons. The fourth-order valence-electron chi connectivity index (χ4n) is 1.94. The summed E-state index contributed by atoms with van der Waals surface area (Å²) in [5.41, 5.74) is 1.26. The highest BCUT2D eigenvalue weighted by Crippen LogP contribution is 2.26. The van der Waals surface area contributed by atoms with Crippen molar-refractivity contribution >= 4 is 51.8 Å². The topological polar surface area (TPSA) is 60.7 Å². The molecule has 1 aromatic carbocycles. The standard InChI is InChI=1S/C14H10Cl2N4OS/c1-20-13-9(5-19-20)14(18-7-17-13)22-6-12(21)8-2-3-10(15)11(16)4-8/h2-5,7H,6H2,1H3. The molecule has 8 heteroatoms. The largest absolute Gasteiger partial charge is 0.293 e. The number of thioether (sulfide) groups is 1. The maximum absolute atomic E-state index is 12.2. The fourth-order valence-corrected chi connectivity index (χ4v) is 3.10. The van der Waals surface area contributed by atoms with E-state index in [1.54, 1.807) is 29.1 Å². The Bertz CT molecular complexity index is 865. The molecule has 0 unspecified atom stereocenters. The fraction of sp³-hybridized carbons (Fsp3) is 0.143. The lowest BCUT2D eigenvalue weighted by Gasteiger charge is -2.03. The van der Waals surface area contributed by atoms with E-state index in [0.29, 0.717) is 15.6 Å². The van der Waals surface area contributed by atoms with Gasteiger partial charge in [-0.2, -0.15) is 5.10 Å². The Labute approximate surface area is 140 Å². The molecule has 5 nitrogen and oxygen atoms in total. The molecule has 0 spiro atoms. The molecule has 0 bridgehead atoms. The van der Waals surface area contributed by atoms with Gasteiger partial charge in [-0.1, -0.05) is 35.0 Å². The summed E-state index contributed by atoms with van der Waals surface area (Å²) < 4.78 is 1.67. The van der Waals surface area contributed by atoms with Crippen LogP contribution in [0.2, 0.25) is 10.0 Å². The maximum atomic E-state index is 12.2. The molecule has 0 aliphatic heterocycles. The summed E-state index contributed by atoms with van der Waals surface area (Å²) in [7, 11) is 1.81. The Kier molecular flexibility index (Phi) is 4.33. The second-order valence-corrected chi connectivity index (χ2v) is 6.30.